The lowest BCUT2D eigenvalue weighted by Gasteiger charge is -2.27. The Morgan fingerprint density at radius 1 is 1.53 bits per heavy atom. The molecule has 17 heavy (non-hydrogen) atoms. The summed E-state index contributed by atoms with van der Waals surface area (Å²) in [6.45, 7) is 4.60. The summed E-state index contributed by atoms with van der Waals surface area (Å²) >= 11 is 5.01. The molecule has 0 aliphatic heterocycles. The van der Waals surface area contributed by atoms with E-state index in [9.17, 15) is 4.79 Å². The van der Waals surface area contributed by atoms with E-state index in [2.05, 4.69) is 5.32 Å². The summed E-state index contributed by atoms with van der Waals surface area (Å²) < 4.78 is 0. The van der Waals surface area contributed by atoms with Gasteiger partial charge >= 0.3 is 0 Å². The van der Waals surface area contributed by atoms with E-state index in [4.69, 9.17) is 18.0 Å². The van der Waals surface area contributed by atoms with Crippen LogP contribution in [0.1, 0.15) is 46.0 Å². The molecule has 96 valence electrons. The van der Waals surface area contributed by atoms with Crippen molar-refractivity contribution in [3.05, 3.63) is 0 Å². The molecule has 4 heteroatoms. The van der Waals surface area contributed by atoms with Crippen LogP contribution in [0.3, 0.4) is 0 Å². The summed E-state index contributed by atoms with van der Waals surface area (Å²) in [6.07, 6.45) is 5.89. The van der Waals surface area contributed by atoms with E-state index in [1.165, 1.54) is 25.7 Å². The number of nitrogens with one attached hydrogen (secondary N) is 1. The molecule has 0 heterocycles. The molecule has 2 rings (SSSR count). The number of carbonyl (C=O) groups is 1. The second-order valence-corrected chi connectivity index (χ2v) is 6.31. The molecule has 1 amide bonds. The lowest BCUT2D eigenvalue weighted by atomic mass is 9.86. The van der Waals surface area contributed by atoms with Crippen molar-refractivity contribution in [3.63, 3.8) is 0 Å². The van der Waals surface area contributed by atoms with Gasteiger partial charge in [0, 0.05) is 6.54 Å². The van der Waals surface area contributed by atoms with Gasteiger partial charge in [-0.2, -0.15) is 0 Å². The molecule has 1 atom stereocenters. The highest BCUT2D eigenvalue weighted by Crippen LogP contribution is 2.60. The van der Waals surface area contributed by atoms with Gasteiger partial charge in [-0.3, -0.25) is 4.79 Å². The van der Waals surface area contributed by atoms with Gasteiger partial charge in [-0.25, -0.2) is 0 Å². The minimum atomic E-state index is -0.686. The second-order valence-electron chi connectivity index (χ2n) is 5.87. The number of amides is 1. The maximum Gasteiger partial charge on any atom is 0.232 e. The van der Waals surface area contributed by atoms with Crippen LogP contribution >= 0.6 is 12.2 Å². The highest BCUT2D eigenvalue weighted by Gasteiger charge is 2.54. The SMILES string of the molecule is CCC(C)(C(=O)NCC1(C2CC2)CC1)C(N)=S. The number of carbonyl (C=O) groups excluding carboxylic acids is 1. The summed E-state index contributed by atoms with van der Waals surface area (Å²) in [7, 11) is 0. The zero-order chi connectivity index (χ0) is 12.7. The average Bonchev–Trinajstić information content (AvgIpc) is 3.16. The number of hydrogen-bond donors (Lipinski definition) is 2. The third-order valence-electron chi connectivity index (χ3n) is 4.69. The van der Waals surface area contributed by atoms with Crippen LogP contribution in [0.25, 0.3) is 0 Å². The van der Waals surface area contributed by atoms with Crippen LogP contribution in [0.5, 0.6) is 0 Å². The van der Waals surface area contributed by atoms with Crippen molar-refractivity contribution in [3.8, 4) is 0 Å². The smallest absolute Gasteiger partial charge is 0.232 e. The Morgan fingerprint density at radius 3 is 2.47 bits per heavy atom. The normalized spacial score (nSPS) is 24.8. The Bertz CT molecular complexity index is 347. The lowest BCUT2D eigenvalue weighted by molar-refractivity contribution is -0.127. The third kappa shape index (κ3) is 2.32. The van der Waals surface area contributed by atoms with Gasteiger partial charge in [-0.05, 0) is 50.4 Å². The standard InChI is InChI=1S/C13H22N2OS/c1-3-12(2,10(14)17)11(16)15-8-13(6-7-13)9-4-5-9/h9H,3-8H2,1-2H3,(H2,14,17)(H,15,16). The Kier molecular flexibility index (Phi) is 3.19. The Labute approximate surface area is 109 Å². The van der Waals surface area contributed by atoms with Gasteiger partial charge < -0.3 is 11.1 Å². The molecule has 2 aliphatic carbocycles. The van der Waals surface area contributed by atoms with E-state index >= 15 is 0 Å². The monoisotopic (exact) mass is 254 g/mol. The van der Waals surface area contributed by atoms with Crippen molar-refractivity contribution < 1.29 is 4.79 Å². The highest BCUT2D eigenvalue weighted by molar-refractivity contribution is 7.80. The molecule has 0 aromatic rings. The fourth-order valence-corrected chi connectivity index (χ4v) is 2.72. The van der Waals surface area contributed by atoms with Crippen molar-refractivity contribution >= 4 is 23.1 Å². The van der Waals surface area contributed by atoms with Crippen molar-refractivity contribution in [1.82, 2.24) is 5.32 Å². The summed E-state index contributed by atoms with van der Waals surface area (Å²) in [5, 5.41) is 3.07. The van der Waals surface area contributed by atoms with Gasteiger partial charge in [0.25, 0.3) is 0 Å². The molecule has 2 aliphatic rings. The van der Waals surface area contributed by atoms with Crippen molar-refractivity contribution in [2.75, 3.05) is 6.54 Å². The van der Waals surface area contributed by atoms with E-state index in [1.54, 1.807) is 0 Å². The Balaban J connectivity index is 1.90. The number of rotatable bonds is 6. The van der Waals surface area contributed by atoms with Crippen LogP contribution in [0, 0.1) is 16.7 Å². The van der Waals surface area contributed by atoms with Crippen molar-refractivity contribution in [1.29, 1.82) is 0 Å². The topological polar surface area (TPSA) is 55.1 Å². The molecular weight excluding hydrogens is 232 g/mol. The van der Waals surface area contributed by atoms with Crippen LogP contribution < -0.4 is 11.1 Å². The summed E-state index contributed by atoms with van der Waals surface area (Å²) in [5.74, 6) is 0.861. The lowest BCUT2D eigenvalue weighted by Crippen LogP contribution is -2.48. The van der Waals surface area contributed by atoms with E-state index in [0.29, 0.717) is 16.8 Å². The largest absolute Gasteiger partial charge is 0.392 e. The first kappa shape index (κ1) is 12.8. The summed E-state index contributed by atoms with van der Waals surface area (Å²) in [4.78, 5) is 12.5. The molecule has 0 aromatic heterocycles. The zero-order valence-corrected chi connectivity index (χ0v) is 11.5. The molecule has 1 unspecified atom stereocenters. The molecule has 2 saturated carbocycles. The first-order valence-corrected chi connectivity index (χ1v) is 6.94. The Hall–Kier alpha value is -0.640. The highest BCUT2D eigenvalue weighted by atomic mass is 32.1. The van der Waals surface area contributed by atoms with Gasteiger partial charge in [-0.1, -0.05) is 19.1 Å². The molecule has 0 saturated heterocycles. The predicted octanol–water partition coefficient (Wildman–Crippen LogP) is 2.00. The van der Waals surface area contributed by atoms with Crippen LogP contribution in [0.2, 0.25) is 0 Å². The van der Waals surface area contributed by atoms with Gasteiger partial charge in [0.15, 0.2) is 0 Å². The average molecular weight is 254 g/mol. The fraction of sp³-hybridized carbons (Fsp3) is 0.846. The van der Waals surface area contributed by atoms with Crippen molar-refractivity contribution in [2.24, 2.45) is 22.5 Å². The van der Waals surface area contributed by atoms with Crippen molar-refractivity contribution in [2.45, 2.75) is 46.0 Å². The fourth-order valence-electron chi connectivity index (χ4n) is 2.48. The molecule has 0 bridgehead atoms. The van der Waals surface area contributed by atoms with Gasteiger partial charge in [-0.15, -0.1) is 0 Å². The summed E-state index contributed by atoms with van der Waals surface area (Å²) in [6, 6.07) is 0. The first-order chi connectivity index (χ1) is 7.94. The van der Waals surface area contributed by atoms with E-state index in [0.717, 1.165) is 12.5 Å². The van der Waals surface area contributed by atoms with Gasteiger partial charge in [0.2, 0.25) is 5.91 Å². The molecule has 3 nitrogen and oxygen atoms in total. The maximum absolute atomic E-state index is 12.2. The van der Waals surface area contributed by atoms with Crippen LogP contribution in [-0.2, 0) is 4.79 Å². The number of thiocarbonyl (C=S) groups is 1. The summed E-state index contributed by atoms with van der Waals surface area (Å²) in [5.41, 5.74) is 5.43. The molecule has 3 N–H and O–H groups in total. The maximum atomic E-state index is 12.2. The number of hydrogen-bond acceptors (Lipinski definition) is 2. The van der Waals surface area contributed by atoms with E-state index in [1.807, 2.05) is 13.8 Å². The number of nitrogens with two attached hydrogens (primary N) is 1. The zero-order valence-electron chi connectivity index (χ0n) is 10.7. The first-order valence-electron chi connectivity index (χ1n) is 6.53. The minimum Gasteiger partial charge on any atom is -0.392 e. The van der Waals surface area contributed by atoms with Crippen LogP contribution in [0.15, 0.2) is 0 Å². The molecule has 0 radical (unpaired) electrons. The molecular formula is C13H22N2OS. The third-order valence-corrected chi connectivity index (χ3v) is 5.14. The molecule has 0 spiro atoms. The molecule has 0 aromatic carbocycles. The molecule has 2 fully saturated rings. The Morgan fingerprint density at radius 2 is 2.12 bits per heavy atom. The van der Waals surface area contributed by atoms with E-state index in [-0.39, 0.29) is 5.91 Å². The quantitative estimate of drug-likeness (QED) is 0.713. The van der Waals surface area contributed by atoms with E-state index < -0.39 is 5.41 Å². The van der Waals surface area contributed by atoms with Gasteiger partial charge in [0.1, 0.15) is 0 Å². The van der Waals surface area contributed by atoms with Crippen LogP contribution in [-0.4, -0.2) is 17.4 Å². The predicted molar refractivity (Wildman–Crippen MR) is 72.6 cm³/mol. The van der Waals surface area contributed by atoms with Gasteiger partial charge in [0.05, 0.1) is 10.4 Å². The minimum absolute atomic E-state index is 0.000532. The second kappa shape index (κ2) is 4.23. The van der Waals surface area contributed by atoms with Crippen LogP contribution in [0.4, 0.5) is 0 Å².